The molecule has 1 N–H and O–H groups in total. The molecule has 0 saturated carbocycles. The van der Waals surface area contributed by atoms with Crippen molar-refractivity contribution >= 4 is 11.5 Å². The Bertz CT molecular complexity index is 646. The van der Waals surface area contributed by atoms with Gasteiger partial charge in [-0.05, 0) is 27.2 Å². The van der Waals surface area contributed by atoms with Gasteiger partial charge in [-0.1, -0.05) is 6.92 Å². The molecule has 1 unspecified atom stereocenters. The van der Waals surface area contributed by atoms with Crippen molar-refractivity contribution < 1.29 is 9.34 Å². The number of aromatic nitrogens is 3. The second-order valence-electron chi connectivity index (χ2n) is 4.94. The van der Waals surface area contributed by atoms with E-state index in [1.807, 2.05) is 13.8 Å². The zero-order valence-electron chi connectivity index (χ0n) is 12.6. The monoisotopic (exact) mass is 293 g/mol. The summed E-state index contributed by atoms with van der Waals surface area (Å²) in [4.78, 5) is 15.0. The van der Waals surface area contributed by atoms with Gasteiger partial charge in [0, 0.05) is 6.54 Å². The highest BCUT2D eigenvalue weighted by Crippen LogP contribution is 2.31. The van der Waals surface area contributed by atoms with Gasteiger partial charge >= 0.3 is 5.69 Å². The SMILES string of the molecule is CCCn1nc(C)c([N+](=O)[O-])c1NC(C)c1ncc(C)o1. The van der Waals surface area contributed by atoms with Crippen LogP contribution in [0.5, 0.6) is 0 Å². The fraction of sp³-hybridized carbons (Fsp3) is 0.538. The molecule has 2 aromatic heterocycles. The predicted octanol–water partition coefficient (Wildman–Crippen LogP) is 2.98. The topological polar surface area (TPSA) is 99.0 Å². The van der Waals surface area contributed by atoms with Gasteiger partial charge in [0.1, 0.15) is 17.5 Å². The second kappa shape index (κ2) is 5.94. The highest BCUT2D eigenvalue weighted by Gasteiger charge is 2.27. The lowest BCUT2D eigenvalue weighted by molar-refractivity contribution is -0.384. The summed E-state index contributed by atoms with van der Waals surface area (Å²) in [5.41, 5.74) is 0.394. The first-order valence-corrected chi connectivity index (χ1v) is 6.84. The molecule has 8 nitrogen and oxygen atoms in total. The quantitative estimate of drug-likeness (QED) is 0.649. The Hall–Kier alpha value is -2.38. The highest BCUT2D eigenvalue weighted by atomic mass is 16.6. The minimum absolute atomic E-state index is 0.00132. The average molecular weight is 293 g/mol. The third-order valence-electron chi connectivity index (χ3n) is 3.08. The van der Waals surface area contributed by atoms with Crippen LogP contribution < -0.4 is 5.32 Å². The first-order valence-electron chi connectivity index (χ1n) is 6.84. The fourth-order valence-electron chi connectivity index (χ4n) is 2.15. The molecule has 0 bridgehead atoms. The maximum atomic E-state index is 11.3. The normalized spacial score (nSPS) is 12.4. The summed E-state index contributed by atoms with van der Waals surface area (Å²) in [5.74, 6) is 1.58. The molecule has 8 heteroatoms. The van der Waals surface area contributed by atoms with Crippen molar-refractivity contribution in [2.24, 2.45) is 0 Å². The number of aryl methyl sites for hydroxylation is 3. The molecule has 0 saturated heterocycles. The van der Waals surface area contributed by atoms with Crippen LogP contribution in [0.4, 0.5) is 11.5 Å². The van der Waals surface area contributed by atoms with Crippen molar-refractivity contribution in [2.75, 3.05) is 5.32 Å². The summed E-state index contributed by atoms with van der Waals surface area (Å²) in [6.07, 6.45) is 2.45. The van der Waals surface area contributed by atoms with Crippen molar-refractivity contribution in [1.29, 1.82) is 0 Å². The molecule has 0 aliphatic carbocycles. The maximum Gasteiger partial charge on any atom is 0.333 e. The van der Waals surface area contributed by atoms with Gasteiger partial charge in [-0.3, -0.25) is 10.1 Å². The molecule has 0 amide bonds. The van der Waals surface area contributed by atoms with Crippen LogP contribution in [0.25, 0.3) is 0 Å². The Labute approximate surface area is 122 Å². The second-order valence-corrected chi connectivity index (χ2v) is 4.94. The highest BCUT2D eigenvalue weighted by molar-refractivity contribution is 5.60. The molecular formula is C13H19N5O3. The van der Waals surface area contributed by atoms with Crippen molar-refractivity contribution in [2.45, 2.75) is 46.7 Å². The number of hydrogen-bond donors (Lipinski definition) is 1. The van der Waals surface area contributed by atoms with E-state index in [0.717, 1.165) is 6.42 Å². The summed E-state index contributed by atoms with van der Waals surface area (Å²) in [7, 11) is 0. The summed E-state index contributed by atoms with van der Waals surface area (Å²) in [5, 5.41) is 18.6. The Morgan fingerprint density at radius 3 is 2.76 bits per heavy atom. The first kappa shape index (κ1) is 15.0. The Balaban J connectivity index is 2.35. The predicted molar refractivity (Wildman–Crippen MR) is 77.2 cm³/mol. The number of hydrogen-bond acceptors (Lipinski definition) is 6. The van der Waals surface area contributed by atoms with E-state index in [2.05, 4.69) is 15.4 Å². The lowest BCUT2D eigenvalue weighted by Gasteiger charge is -2.12. The number of nitrogens with zero attached hydrogens (tertiary/aromatic N) is 4. The van der Waals surface area contributed by atoms with Crippen molar-refractivity contribution in [3.8, 4) is 0 Å². The molecule has 2 heterocycles. The van der Waals surface area contributed by atoms with Crippen LogP contribution in [0.3, 0.4) is 0 Å². The lowest BCUT2D eigenvalue weighted by Crippen LogP contribution is -2.13. The Kier molecular flexibility index (Phi) is 4.25. The molecule has 0 aliphatic heterocycles. The Morgan fingerprint density at radius 1 is 1.52 bits per heavy atom. The number of oxazole rings is 1. The molecule has 0 aromatic carbocycles. The smallest absolute Gasteiger partial charge is 0.333 e. The molecule has 114 valence electrons. The van der Waals surface area contributed by atoms with Crippen LogP contribution >= 0.6 is 0 Å². The van der Waals surface area contributed by atoms with E-state index in [-0.39, 0.29) is 11.7 Å². The number of anilines is 1. The van der Waals surface area contributed by atoms with E-state index in [1.54, 1.807) is 24.7 Å². The van der Waals surface area contributed by atoms with E-state index < -0.39 is 4.92 Å². The molecule has 0 spiro atoms. The zero-order valence-corrected chi connectivity index (χ0v) is 12.6. The van der Waals surface area contributed by atoms with Gasteiger partial charge in [-0.15, -0.1) is 0 Å². The average Bonchev–Trinajstić information content (AvgIpc) is 2.95. The third-order valence-corrected chi connectivity index (χ3v) is 3.08. The van der Waals surface area contributed by atoms with E-state index in [4.69, 9.17) is 4.42 Å². The van der Waals surface area contributed by atoms with Crippen LogP contribution in [0, 0.1) is 24.0 Å². The first-order chi connectivity index (χ1) is 9.93. The van der Waals surface area contributed by atoms with Crippen LogP contribution in [0.15, 0.2) is 10.6 Å². The molecule has 2 rings (SSSR count). The fourth-order valence-corrected chi connectivity index (χ4v) is 2.15. The number of nitro groups is 1. The van der Waals surface area contributed by atoms with Crippen LogP contribution in [0.2, 0.25) is 0 Å². The minimum atomic E-state index is -0.412. The van der Waals surface area contributed by atoms with Crippen molar-refractivity contribution in [3.05, 3.63) is 33.7 Å². The van der Waals surface area contributed by atoms with Crippen molar-refractivity contribution in [3.63, 3.8) is 0 Å². The van der Waals surface area contributed by atoms with E-state index in [1.165, 1.54) is 0 Å². The standard InChI is InChI=1S/C13H19N5O3/c1-5-6-17-12(11(18(19)20)9(3)16-17)15-10(4)13-14-7-8(2)21-13/h7,10,15H,5-6H2,1-4H3. The lowest BCUT2D eigenvalue weighted by atomic mass is 10.3. The molecule has 0 aliphatic rings. The molecule has 21 heavy (non-hydrogen) atoms. The molecule has 2 aromatic rings. The van der Waals surface area contributed by atoms with E-state index in [0.29, 0.717) is 29.7 Å². The number of nitrogens with one attached hydrogen (secondary N) is 1. The summed E-state index contributed by atoms with van der Waals surface area (Å²) >= 11 is 0. The van der Waals surface area contributed by atoms with Crippen LogP contribution in [-0.2, 0) is 6.54 Å². The van der Waals surface area contributed by atoms with Gasteiger partial charge in [0.05, 0.1) is 11.1 Å². The minimum Gasteiger partial charge on any atom is -0.444 e. The molecule has 0 radical (unpaired) electrons. The van der Waals surface area contributed by atoms with Gasteiger partial charge in [0.25, 0.3) is 0 Å². The van der Waals surface area contributed by atoms with Gasteiger partial charge in [-0.25, -0.2) is 9.67 Å². The summed E-state index contributed by atoms with van der Waals surface area (Å²) in [6, 6.07) is -0.288. The summed E-state index contributed by atoms with van der Waals surface area (Å²) in [6.45, 7) is 7.88. The van der Waals surface area contributed by atoms with Gasteiger partial charge < -0.3 is 9.73 Å². The Morgan fingerprint density at radius 2 is 2.24 bits per heavy atom. The van der Waals surface area contributed by atoms with E-state index in [9.17, 15) is 10.1 Å². The molecule has 1 atom stereocenters. The molecular weight excluding hydrogens is 274 g/mol. The van der Waals surface area contributed by atoms with Crippen molar-refractivity contribution in [1.82, 2.24) is 14.8 Å². The largest absolute Gasteiger partial charge is 0.444 e. The summed E-state index contributed by atoms with van der Waals surface area (Å²) < 4.78 is 7.08. The van der Waals surface area contributed by atoms with Gasteiger partial charge in [-0.2, -0.15) is 5.10 Å². The van der Waals surface area contributed by atoms with E-state index >= 15 is 0 Å². The number of rotatable bonds is 6. The van der Waals surface area contributed by atoms with Gasteiger partial charge in [0.2, 0.25) is 11.7 Å². The van der Waals surface area contributed by atoms with Crippen LogP contribution in [-0.4, -0.2) is 19.7 Å². The van der Waals surface area contributed by atoms with Gasteiger partial charge in [0.15, 0.2) is 0 Å². The third kappa shape index (κ3) is 3.04. The zero-order chi connectivity index (χ0) is 15.6. The molecule has 0 fully saturated rings. The maximum absolute atomic E-state index is 11.3. The van der Waals surface area contributed by atoms with Crippen LogP contribution in [0.1, 0.15) is 43.7 Å².